The second-order valence-corrected chi connectivity index (χ2v) is 3.37. The zero-order chi connectivity index (χ0) is 11.7. The van der Waals surface area contributed by atoms with Gasteiger partial charge in [0, 0.05) is 19.4 Å². The molecule has 0 amide bonds. The third kappa shape index (κ3) is 1.67. The lowest BCUT2D eigenvalue weighted by Gasteiger charge is -2.05. The molecule has 82 valence electrons. The van der Waals surface area contributed by atoms with E-state index >= 15 is 0 Å². The van der Waals surface area contributed by atoms with E-state index in [9.17, 15) is 14.0 Å². The monoisotopic (exact) mass is 220 g/mol. The highest BCUT2D eigenvalue weighted by molar-refractivity contribution is 5.31. The Morgan fingerprint density at radius 3 is 2.56 bits per heavy atom. The van der Waals surface area contributed by atoms with Gasteiger partial charge in [0.15, 0.2) is 0 Å². The fourth-order valence-corrected chi connectivity index (χ4v) is 1.39. The van der Waals surface area contributed by atoms with Crippen LogP contribution in [0.2, 0.25) is 0 Å². The van der Waals surface area contributed by atoms with Crippen molar-refractivity contribution >= 4 is 0 Å². The number of benzene rings is 1. The van der Waals surface area contributed by atoms with Crippen LogP contribution in [0.5, 0.6) is 0 Å². The van der Waals surface area contributed by atoms with Crippen molar-refractivity contribution in [3.63, 3.8) is 0 Å². The van der Waals surface area contributed by atoms with Crippen molar-refractivity contribution < 1.29 is 4.39 Å². The number of aryl methyl sites for hydroxylation is 1. The molecule has 0 radical (unpaired) electrons. The van der Waals surface area contributed by atoms with E-state index in [0.29, 0.717) is 5.69 Å². The van der Waals surface area contributed by atoms with Gasteiger partial charge in [0.25, 0.3) is 0 Å². The van der Waals surface area contributed by atoms with E-state index in [2.05, 4.69) is 0 Å². The van der Waals surface area contributed by atoms with E-state index in [4.69, 9.17) is 0 Å². The molecular formula is C11H9FN2O2. The number of rotatable bonds is 1. The van der Waals surface area contributed by atoms with Crippen LogP contribution in [-0.4, -0.2) is 9.13 Å². The van der Waals surface area contributed by atoms with Crippen LogP contribution in [-0.2, 0) is 7.05 Å². The first kappa shape index (κ1) is 10.4. The summed E-state index contributed by atoms with van der Waals surface area (Å²) < 4.78 is 15.3. The van der Waals surface area contributed by atoms with Crippen molar-refractivity contribution in [1.29, 1.82) is 0 Å². The van der Waals surface area contributed by atoms with E-state index < -0.39 is 16.9 Å². The molecule has 5 heteroatoms. The van der Waals surface area contributed by atoms with Crippen molar-refractivity contribution in [1.82, 2.24) is 9.13 Å². The summed E-state index contributed by atoms with van der Waals surface area (Å²) in [5, 5.41) is 0. The van der Waals surface area contributed by atoms with Gasteiger partial charge in [-0.05, 0) is 18.2 Å². The normalized spacial score (nSPS) is 10.4. The van der Waals surface area contributed by atoms with Crippen LogP contribution in [0.4, 0.5) is 4.39 Å². The average Bonchev–Trinajstić information content (AvgIpc) is 2.26. The Balaban J connectivity index is 2.71. The Kier molecular flexibility index (Phi) is 2.44. The Morgan fingerprint density at radius 2 is 1.88 bits per heavy atom. The smallest absolute Gasteiger partial charge is 0.312 e. The lowest BCUT2D eigenvalue weighted by molar-refractivity contribution is 0.626. The zero-order valence-electron chi connectivity index (χ0n) is 8.55. The van der Waals surface area contributed by atoms with Crippen LogP contribution in [0.25, 0.3) is 5.69 Å². The molecule has 0 aliphatic carbocycles. The summed E-state index contributed by atoms with van der Waals surface area (Å²) in [7, 11) is 1.49. The number of hydrogen-bond donors (Lipinski definition) is 0. The second kappa shape index (κ2) is 3.77. The lowest BCUT2D eigenvalue weighted by atomic mass is 10.3. The van der Waals surface area contributed by atoms with Gasteiger partial charge in [-0.1, -0.05) is 6.07 Å². The average molecular weight is 220 g/mol. The van der Waals surface area contributed by atoms with Crippen molar-refractivity contribution in [2.24, 2.45) is 7.05 Å². The van der Waals surface area contributed by atoms with Gasteiger partial charge in [0.05, 0.1) is 5.69 Å². The van der Waals surface area contributed by atoms with Crippen LogP contribution >= 0.6 is 0 Å². The predicted molar refractivity (Wildman–Crippen MR) is 57.2 cm³/mol. The fraction of sp³-hybridized carbons (Fsp3) is 0.0909. The van der Waals surface area contributed by atoms with E-state index in [-0.39, 0.29) is 0 Å². The molecule has 0 saturated carbocycles. The highest BCUT2D eigenvalue weighted by Gasteiger charge is 2.04. The van der Waals surface area contributed by atoms with Crippen molar-refractivity contribution in [3.8, 4) is 5.69 Å². The van der Waals surface area contributed by atoms with Crippen LogP contribution in [0.3, 0.4) is 0 Å². The van der Waals surface area contributed by atoms with Gasteiger partial charge in [-0.15, -0.1) is 0 Å². The highest BCUT2D eigenvalue weighted by Crippen LogP contribution is 2.06. The van der Waals surface area contributed by atoms with Crippen LogP contribution in [0.15, 0.2) is 46.2 Å². The number of aromatic nitrogens is 2. The minimum absolute atomic E-state index is 0.336. The van der Waals surface area contributed by atoms with Gasteiger partial charge in [0.1, 0.15) is 5.82 Å². The molecule has 0 aliphatic heterocycles. The van der Waals surface area contributed by atoms with Gasteiger partial charge < -0.3 is 4.57 Å². The maximum Gasteiger partial charge on any atom is 0.320 e. The lowest BCUT2D eigenvalue weighted by Crippen LogP contribution is -2.38. The summed E-state index contributed by atoms with van der Waals surface area (Å²) >= 11 is 0. The highest BCUT2D eigenvalue weighted by atomic mass is 19.1. The summed E-state index contributed by atoms with van der Waals surface area (Å²) in [5.74, 6) is -0.454. The van der Waals surface area contributed by atoms with E-state index in [1.165, 1.54) is 42.2 Å². The molecular weight excluding hydrogens is 211 g/mol. The predicted octanol–water partition coefficient (Wildman–Crippen LogP) is 0.675. The number of nitrogens with zero attached hydrogens (tertiary/aromatic N) is 2. The maximum absolute atomic E-state index is 13.0. The van der Waals surface area contributed by atoms with Crippen LogP contribution < -0.4 is 11.1 Å². The number of hydrogen-bond acceptors (Lipinski definition) is 2. The summed E-state index contributed by atoms with van der Waals surface area (Å²) in [5.41, 5.74) is -1.01. The Morgan fingerprint density at radius 1 is 1.12 bits per heavy atom. The first-order valence-electron chi connectivity index (χ1n) is 4.64. The van der Waals surface area contributed by atoms with Gasteiger partial charge in [-0.3, -0.25) is 14.2 Å². The molecule has 1 heterocycles. The molecule has 0 spiro atoms. The molecule has 0 unspecified atom stereocenters. The van der Waals surface area contributed by atoms with Gasteiger partial charge in [-0.25, -0.2) is 4.39 Å². The van der Waals surface area contributed by atoms with Crippen molar-refractivity contribution in [2.75, 3.05) is 0 Å². The Hall–Kier alpha value is -2.17. The van der Waals surface area contributed by atoms with Gasteiger partial charge in [0.2, 0.25) is 0 Å². The first-order valence-corrected chi connectivity index (χ1v) is 4.64. The third-order valence-electron chi connectivity index (χ3n) is 2.25. The SMILES string of the molecule is Cn1ccn(-c2cccc(F)c2)c(=O)c1=O. The standard InChI is InChI=1S/C11H9FN2O2/c1-13-5-6-14(11(16)10(13)15)9-4-2-3-8(12)7-9/h2-7H,1H3. The molecule has 0 atom stereocenters. The Labute approximate surface area is 90.2 Å². The summed E-state index contributed by atoms with van der Waals surface area (Å²) in [4.78, 5) is 23.0. The van der Waals surface area contributed by atoms with Gasteiger partial charge >= 0.3 is 11.1 Å². The largest absolute Gasteiger partial charge is 0.320 e. The molecule has 4 nitrogen and oxygen atoms in total. The summed E-state index contributed by atoms with van der Waals surface area (Å²) in [6.45, 7) is 0. The molecule has 1 aromatic heterocycles. The number of halogens is 1. The molecule has 2 aromatic rings. The fourth-order valence-electron chi connectivity index (χ4n) is 1.39. The Bertz CT molecular complexity index is 643. The molecule has 0 saturated heterocycles. The molecule has 0 aliphatic rings. The quantitative estimate of drug-likeness (QED) is 0.663. The van der Waals surface area contributed by atoms with Crippen molar-refractivity contribution in [3.05, 3.63) is 63.2 Å². The van der Waals surface area contributed by atoms with Crippen LogP contribution in [0.1, 0.15) is 0 Å². The van der Waals surface area contributed by atoms with Crippen LogP contribution in [0, 0.1) is 5.82 Å². The van der Waals surface area contributed by atoms with Crippen molar-refractivity contribution in [2.45, 2.75) is 0 Å². The zero-order valence-corrected chi connectivity index (χ0v) is 8.55. The molecule has 1 aromatic carbocycles. The minimum Gasteiger partial charge on any atom is -0.312 e. The molecule has 0 N–H and O–H groups in total. The minimum atomic E-state index is -0.699. The van der Waals surface area contributed by atoms with Gasteiger partial charge in [-0.2, -0.15) is 0 Å². The molecule has 16 heavy (non-hydrogen) atoms. The van der Waals surface area contributed by atoms with E-state index in [1.54, 1.807) is 6.07 Å². The first-order chi connectivity index (χ1) is 7.59. The summed E-state index contributed by atoms with van der Waals surface area (Å²) in [6, 6.07) is 5.51. The molecule has 2 rings (SSSR count). The maximum atomic E-state index is 13.0. The van der Waals surface area contributed by atoms with E-state index in [0.717, 1.165) is 4.57 Å². The molecule has 0 bridgehead atoms. The third-order valence-corrected chi connectivity index (χ3v) is 2.25. The summed E-state index contributed by atoms with van der Waals surface area (Å²) in [6.07, 6.45) is 2.88. The topological polar surface area (TPSA) is 44.0 Å². The molecule has 0 fully saturated rings. The second-order valence-electron chi connectivity index (χ2n) is 3.37. The van der Waals surface area contributed by atoms with E-state index in [1.807, 2.05) is 0 Å².